The summed E-state index contributed by atoms with van der Waals surface area (Å²) in [7, 11) is 0. The Kier molecular flexibility index (Phi) is 33.8. The highest BCUT2D eigenvalue weighted by atomic mass is 16.3. The fraction of sp³-hybridized carbons (Fsp3) is 0.775. The predicted octanol–water partition coefficient (Wildman–Crippen LogP) is 10.2. The first-order valence-electron chi connectivity index (χ1n) is 18.9. The van der Waals surface area contributed by atoms with Crippen molar-refractivity contribution in [2.45, 2.75) is 193 Å². The van der Waals surface area contributed by atoms with Gasteiger partial charge in [0.15, 0.2) is 0 Å². The molecule has 0 rings (SSSR count). The molecule has 4 N–H and O–H groups in total. The Balaban J connectivity index is 3.74. The number of hydrogen-bond donors (Lipinski definition) is 4. The average molecular weight is 632 g/mol. The van der Waals surface area contributed by atoms with E-state index in [1.807, 2.05) is 0 Å². The molecule has 0 saturated heterocycles. The number of hydrogen-bond acceptors (Lipinski definition) is 4. The Labute approximate surface area is 278 Å². The van der Waals surface area contributed by atoms with Gasteiger partial charge in [0, 0.05) is 6.42 Å². The lowest BCUT2D eigenvalue weighted by Crippen LogP contribution is -2.50. The van der Waals surface area contributed by atoms with E-state index in [1.54, 1.807) is 0 Å². The van der Waals surface area contributed by atoms with Crippen molar-refractivity contribution in [1.29, 1.82) is 0 Å². The van der Waals surface area contributed by atoms with E-state index in [0.717, 1.165) is 44.9 Å². The minimum absolute atomic E-state index is 0.166. The number of aliphatic hydroxyl groups is 3. The molecule has 0 aliphatic heterocycles. The van der Waals surface area contributed by atoms with Crippen molar-refractivity contribution in [2.24, 2.45) is 0 Å². The van der Waals surface area contributed by atoms with E-state index in [0.29, 0.717) is 12.8 Å². The SMILES string of the molecule is CCCCC/C=C\C=C/CCCCCCCCCCCCC(=O)NC(CO)C(O)C(O)CCC/C=C/CC/C=C/CCCCC. The average Bonchev–Trinajstić information content (AvgIpc) is 3.04. The van der Waals surface area contributed by atoms with E-state index in [2.05, 4.69) is 67.8 Å². The van der Waals surface area contributed by atoms with Gasteiger partial charge in [0.05, 0.1) is 18.8 Å². The fourth-order valence-corrected chi connectivity index (χ4v) is 5.40. The van der Waals surface area contributed by atoms with Crippen molar-refractivity contribution >= 4 is 5.91 Å². The van der Waals surface area contributed by atoms with Crippen LogP contribution in [0.3, 0.4) is 0 Å². The lowest BCUT2D eigenvalue weighted by molar-refractivity contribution is -0.124. The highest BCUT2D eigenvalue weighted by Gasteiger charge is 2.26. The summed E-state index contributed by atoms with van der Waals surface area (Å²) in [6, 6.07) is -0.833. The molecule has 0 aliphatic carbocycles. The van der Waals surface area contributed by atoms with Gasteiger partial charge in [-0.2, -0.15) is 0 Å². The molecular formula is C40H73NO4. The first-order valence-corrected chi connectivity index (χ1v) is 18.9. The van der Waals surface area contributed by atoms with Gasteiger partial charge in [0.1, 0.15) is 6.10 Å². The quantitative estimate of drug-likeness (QED) is 0.0330. The molecule has 45 heavy (non-hydrogen) atoms. The van der Waals surface area contributed by atoms with Crippen molar-refractivity contribution in [3.63, 3.8) is 0 Å². The number of carbonyl (C=O) groups is 1. The zero-order valence-corrected chi connectivity index (χ0v) is 29.5. The summed E-state index contributed by atoms with van der Waals surface area (Å²) in [4.78, 5) is 12.4. The van der Waals surface area contributed by atoms with Gasteiger partial charge >= 0.3 is 0 Å². The Hall–Kier alpha value is -1.69. The first kappa shape index (κ1) is 43.3. The highest BCUT2D eigenvalue weighted by molar-refractivity contribution is 5.76. The van der Waals surface area contributed by atoms with Crippen LogP contribution in [0.4, 0.5) is 0 Å². The third-order valence-corrected chi connectivity index (χ3v) is 8.41. The number of amides is 1. The van der Waals surface area contributed by atoms with Gasteiger partial charge in [0.2, 0.25) is 5.91 Å². The minimum Gasteiger partial charge on any atom is -0.394 e. The van der Waals surface area contributed by atoms with E-state index in [4.69, 9.17) is 0 Å². The summed E-state index contributed by atoms with van der Waals surface area (Å²) in [5, 5.41) is 33.3. The molecule has 0 bridgehead atoms. The van der Waals surface area contributed by atoms with Crippen LogP contribution < -0.4 is 5.32 Å². The molecule has 0 aromatic heterocycles. The molecule has 3 atom stereocenters. The van der Waals surface area contributed by atoms with Crippen molar-refractivity contribution in [1.82, 2.24) is 5.32 Å². The molecule has 5 heteroatoms. The van der Waals surface area contributed by atoms with Crippen LogP contribution in [0, 0.1) is 0 Å². The van der Waals surface area contributed by atoms with Crippen LogP contribution >= 0.6 is 0 Å². The zero-order chi connectivity index (χ0) is 33.1. The Bertz CT molecular complexity index is 745. The molecule has 0 saturated carbocycles. The maximum Gasteiger partial charge on any atom is 0.220 e. The second kappa shape index (κ2) is 35.2. The van der Waals surface area contributed by atoms with E-state index in [1.165, 1.54) is 103 Å². The van der Waals surface area contributed by atoms with E-state index in [-0.39, 0.29) is 12.5 Å². The second-order valence-electron chi connectivity index (χ2n) is 12.8. The molecule has 3 unspecified atom stereocenters. The van der Waals surface area contributed by atoms with Crippen LogP contribution in [0.1, 0.15) is 174 Å². The molecule has 0 aliphatic rings. The standard InChI is InChI=1S/C40H73NO4/c1-3-5-7-9-11-13-15-17-18-19-20-21-22-23-25-27-29-31-33-35-39(44)41-37(36-42)40(45)38(43)34-32-30-28-26-24-16-14-12-10-8-6-4-2/h11-15,17,26,28,37-38,40,42-43,45H,3-10,16,18-25,27,29-36H2,1-2H3,(H,41,44)/b13-11-,14-12+,17-15-,28-26+. The van der Waals surface area contributed by atoms with Gasteiger partial charge < -0.3 is 20.6 Å². The first-order chi connectivity index (χ1) is 22.1. The minimum atomic E-state index is -1.17. The van der Waals surface area contributed by atoms with E-state index < -0.39 is 18.2 Å². The maximum atomic E-state index is 12.4. The van der Waals surface area contributed by atoms with Crippen molar-refractivity contribution < 1.29 is 20.1 Å². The lowest BCUT2D eigenvalue weighted by Gasteiger charge is -2.26. The molecule has 0 heterocycles. The number of unbranched alkanes of at least 4 members (excludes halogenated alkanes) is 18. The van der Waals surface area contributed by atoms with Gasteiger partial charge in [0.25, 0.3) is 0 Å². The van der Waals surface area contributed by atoms with Gasteiger partial charge in [-0.25, -0.2) is 0 Å². The van der Waals surface area contributed by atoms with E-state index >= 15 is 0 Å². The molecule has 0 aromatic rings. The molecule has 0 spiro atoms. The van der Waals surface area contributed by atoms with E-state index in [9.17, 15) is 20.1 Å². The van der Waals surface area contributed by atoms with Crippen molar-refractivity contribution in [2.75, 3.05) is 6.61 Å². The topological polar surface area (TPSA) is 89.8 Å². The fourth-order valence-electron chi connectivity index (χ4n) is 5.40. The summed E-state index contributed by atoms with van der Waals surface area (Å²) in [6.07, 6.45) is 43.4. The molecule has 0 radical (unpaired) electrons. The number of allylic oxidation sites excluding steroid dienone is 8. The molecular weight excluding hydrogens is 558 g/mol. The van der Waals surface area contributed by atoms with Gasteiger partial charge in [-0.05, 0) is 77.0 Å². The van der Waals surface area contributed by atoms with Crippen molar-refractivity contribution in [3.8, 4) is 0 Å². The Morgan fingerprint density at radius 3 is 1.49 bits per heavy atom. The normalized spacial score (nSPS) is 14.3. The smallest absolute Gasteiger partial charge is 0.220 e. The van der Waals surface area contributed by atoms with Crippen LogP contribution in [0.5, 0.6) is 0 Å². The summed E-state index contributed by atoms with van der Waals surface area (Å²) in [5.41, 5.74) is 0. The third kappa shape index (κ3) is 30.7. The van der Waals surface area contributed by atoms with Gasteiger partial charge in [-0.3, -0.25) is 4.79 Å². The maximum absolute atomic E-state index is 12.4. The number of rotatable bonds is 33. The van der Waals surface area contributed by atoms with Crippen molar-refractivity contribution in [3.05, 3.63) is 48.6 Å². The number of carbonyl (C=O) groups excluding carboxylic acids is 1. The summed E-state index contributed by atoms with van der Waals surface area (Å²) < 4.78 is 0. The lowest BCUT2D eigenvalue weighted by atomic mass is 10.0. The monoisotopic (exact) mass is 632 g/mol. The summed E-state index contributed by atoms with van der Waals surface area (Å²) >= 11 is 0. The Morgan fingerprint density at radius 2 is 0.978 bits per heavy atom. The second-order valence-corrected chi connectivity index (χ2v) is 12.8. The molecule has 0 aromatic carbocycles. The molecule has 262 valence electrons. The largest absolute Gasteiger partial charge is 0.394 e. The van der Waals surface area contributed by atoms with Crippen LogP contribution in [0.25, 0.3) is 0 Å². The summed E-state index contributed by atoms with van der Waals surface area (Å²) in [6.45, 7) is 4.08. The third-order valence-electron chi connectivity index (χ3n) is 8.41. The van der Waals surface area contributed by atoms with Gasteiger partial charge in [-0.15, -0.1) is 0 Å². The molecule has 1 amide bonds. The van der Waals surface area contributed by atoms with Crippen LogP contribution in [-0.4, -0.2) is 46.1 Å². The predicted molar refractivity (Wildman–Crippen MR) is 194 cm³/mol. The highest BCUT2D eigenvalue weighted by Crippen LogP contribution is 2.13. The van der Waals surface area contributed by atoms with Crippen LogP contribution in [-0.2, 0) is 4.79 Å². The number of nitrogens with one attached hydrogen (secondary N) is 1. The molecule has 0 fully saturated rings. The summed E-state index contributed by atoms with van der Waals surface area (Å²) in [5.74, 6) is -0.166. The number of aliphatic hydroxyl groups excluding tert-OH is 3. The zero-order valence-electron chi connectivity index (χ0n) is 29.5. The molecule has 5 nitrogen and oxygen atoms in total. The van der Waals surface area contributed by atoms with Crippen LogP contribution in [0.15, 0.2) is 48.6 Å². The van der Waals surface area contributed by atoms with Gasteiger partial charge in [-0.1, -0.05) is 140 Å². The van der Waals surface area contributed by atoms with Crippen LogP contribution in [0.2, 0.25) is 0 Å². The Morgan fingerprint density at radius 1 is 0.556 bits per heavy atom.